The van der Waals surface area contributed by atoms with Crippen LogP contribution in [0.2, 0.25) is 0 Å². The summed E-state index contributed by atoms with van der Waals surface area (Å²) in [7, 11) is 0. The van der Waals surface area contributed by atoms with E-state index in [-0.39, 0.29) is 29.5 Å². The normalized spacial score (nSPS) is 20.7. The van der Waals surface area contributed by atoms with Crippen molar-refractivity contribution in [1.82, 2.24) is 10.3 Å². The van der Waals surface area contributed by atoms with Crippen LogP contribution in [0.1, 0.15) is 66.6 Å². The number of oxazole rings is 1. The molecule has 2 aliphatic carbocycles. The van der Waals surface area contributed by atoms with Gasteiger partial charge < -0.3 is 19.6 Å². The predicted molar refractivity (Wildman–Crippen MR) is 203 cm³/mol. The Morgan fingerprint density at radius 3 is 2.33 bits per heavy atom. The van der Waals surface area contributed by atoms with E-state index in [1.807, 2.05) is 60.7 Å². The zero-order valence-corrected chi connectivity index (χ0v) is 29.9. The molecule has 1 saturated carbocycles. The number of hydrogen-bond donors (Lipinski definition) is 3. The number of nitrogens with one attached hydrogen (secondary N) is 2. The van der Waals surface area contributed by atoms with Crippen molar-refractivity contribution in [3.05, 3.63) is 125 Å². The van der Waals surface area contributed by atoms with Crippen molar-refractivity contribution in [2.75, 3.05) is 17.6 Å². The second kappa shape index (κ2) is 14.4. The minimum Gasteiger partial charge on any atom is -0.436 e. The topological polar surface area (TPSA) is 122 Å². The van der Waals surface area contributed by atoms with Gasteiger partial charge >= 0.3 is 0 Å². The molecule has 1 aromatic heterocycles. The number of amides is 2. The summed E-state index contributed by atoms with van der Waals surface area (Å²) in [5.74, 6) is 1.44. The molecule has 1 heterocycles. The lowest BCUT2D eigenvalue weighted by Gasteiger charge is -2.34. The van der Waals surface area contributed by atoms with Gasteiger partial charge in [-0.3, -0.25) is 9.59 Å². The highest BCUT2D eigenvalue weighted by Crippen LogP contribution is 2.63. The predicted octanol–water partition coefficient (Wildman–Crippen LogP) is 8.50. The summed E-state index contributed by atoms with van der Waals surface area (Å²) in [6.45, 7) is 7.21. The van der Waals surface area contributed by atoms with Crippen molar-refractivity contribution >= 4 is 45.3 Å². The Bertz CT molecular complexity index is 2070. The summed E-state index contributed by atoms with van der Waals surface area (Å²) in [4.78, 5) is 31.2. The fourth-order valence-electron chi connectivity index (χ4n) is 8.41. The van der Waals surface area contributed by atoms with E-state index in [4.69, 9.17) is 8.97 Å². The van der Waals surface area contributed by atoms with E-state index < -0.39 is 17.0 Å². The summed E-state index contributed by atoms with van der Waals surface area (Å²) < 4.78 is 25.9. The standard InChI is InChI=1S/C42H43N3O5S/c1-26(2)38-32-20-21-42(38,3)35(25-32)29-14-12-28(13-15-29)34(24-27-8-10-30(11-9-27)39(46)43-22-23-51(48)49)40(47)44-33-18-16-31(17-19-33)41-45-36-6-4-5-7-37(36)50-41/h4-19,25-26,32,34,38H,20-24H2,1-3H3,(H,43,46)(H,44,47)(H,48,49). The number of rotatable bonds is 12. The molecule has 1 fully saturated rings. The summed E-state index contributed by atoms with van der Waals surface area (Å²) in [6.07, 6.45) is 5.39. The lowest BCUT2D eigenvalue weighted by Crippen LogP contribution is -2.27. The molecule has 0 radical (unpaired) electrons. The van der Waals surface area contributed by atoms with Crippen LogP contribution >= 0.6 is 0 Å². The minimum atomic E-state index is -1.97. The molecule has 0 aliphatic heterocycles. The molecule has 9 heteroatoms. The van der Waals surface area contributed by atoms with Crippen LogP contribution in [0, 0.1) is 23.2 Å². The van der Waals surface area contributed by atoms with Crippen LogP contribution in [-0.2, 0) is 22.3 Å². The van der Waals surface area contributed by atoms with Crippen LogP contribution in [0.3, 0.4) is 0 Å². The van der Waals surface area contributed by atoms with E-state index >= 15 is 0 Å². The first-order valence-electron chi connectivity index (χ1n) is 17.6. The SMILES string of the molecule is CC(C)C1C2C=C(c3ccc(C(Cc4ccc(C(=O)NCCS(=O)O)cc4)C(=O)Nc4ccc(-c5nc6ccccc6o5)cc4)cc3)C1(C)CC2. The van der Waals surface area contributed by atoms with Crippen molar-refractivity contribution < 1.29 is 22.8 Å². The molecule has 3 N–H and O–H groups in total. The highest BCUT2D eigenvalue weighted by atomic mass is 32.2. The van der Waals surface area contributed by atoms with Crippen molar-refractivity contribution in [3.8, 4) is 11.5 Å². The Kier molecular flexibility index (Phi) is 9.77. The van der Waals surface area contributed by atoms with Crippen LogP contribution in [0.4, 0.5) is 5.69 Å². The first-order valence-corrected chi connectivity index (χ1v) is 18.9. The van der Waals surface area contributed by atoms with Gasteiger partial charge in [0.15, 0.2) is 16.7 Å². The largest absolute Gasteiger partial charge is 0.436 e. The van der Waals surface area contributed by atoms with Gasteiger partial charge in [0.2, 0.25) is 11.8 Å². The molecular weight excluding hydrogens is 659 g/mol. The third-order valence-corrected chi connectivity index (χ3v) is 11.3. The number of carbonyl (C=O) groups is 2. The smallest absolute Gasteiger partial charge is 0.251 e. The first-order chi connectivity index (χ1) is 24.6. The van der Waals surface area contributed by atoms with Gasteiger partial charge in [-0.2, -0.15) is 0 Å². The number of hydrogen-bond acceptors (Lipinski definition) is 5. The van der Waals surface area contributed by atoms with Gasteiger partial charge in [-0.05, 0) is 113 Å². The van der Waals surface area contributed by atoms with E-state index in [1.165, 1.54) is 24.0 Å². The number of benzene rings is 4. The van der Waals surface area contributed by atoms with Crippen molar-refractivity contribution in [1.29, 1.82) is 0 Å². The van der Waals surface area contributed by atoms with Crippen LogP contribution < -0.4 is 10.6 Å². The van der Waals surface area contributed by atoms with Crippen molar-refractivity contribution in [2.45, 2.75) is 46.0 Å². The second-order valence-corrected chi connectivity index (χ2v) is 15.4. The number of nitrogens with zero attached hydrogens (tertiary/aromatic N) is 1. The van der Waals surface area contributed by atoms with Gasteiger partial charge in [-0.25, -0.2) is 9.19 Å². The van der Waals surface area contributed by atoms with Gasteiger partial charge in [0, 0.05) is 23.4 Å². The quantitative estimate of drug-likeness (QED) is 0.112. The van der Waals surface area contributed by atoms with Gasteiger partial charge in [-0.1, -0.05) is 75.4 Å². The van der Waals surface area contributed by atoms with E-state index in [2.05, 4.69) is 66.7 Å². The van der Waals surface area contributed by atoms with E-state index in [1.54, 1.807) is 12.1 Å². The van der Waals surface area contributed by atoms with Gasteiger partial charge in [0.25, 0.3) is 5.91 Å². The number of allylic oxidation sites excluding steroid dienone is 2. The maximum absolute atomic E-state index is 14.1. The van der Waals surface area contributed by atoms with Gasteiger partial charge in [-0.15, -0.1) is 0 Å². The lowest BCUT2D eigenvalue weighted by molar-refractivity contribution is -0.117. The summed E-state index contributed by atoms with van der Waals surface area (Å²) >= 11 is -1.97. The van der Waals surface area contributed by atoms with E-state index in [0.717, 1.165) is 27.8 Å². The number of carbonyl (C=O) groups excluding carboxylic acids is 2. The number of fused-ring (bicyclic) bond motifs is 3. The Balaban J connectivity index is 1.11. The minimum absolute atomic E-state index is 0.0334. The maximum Gasteiger partial charge on any atom is 0.251 e. The second-order valence-electron chi connectivity index (χ2n) is 14.4. The van der Waals surface area contributed by atoms with Crippen LogP contribution in [0.15, 0.2) is 108 Å². The molecule has 5 atom stereocenters. The molecule has 0 spiro atoms. The molecule has 8 nitrogen and oxygen atoms in total. The van der Waals surface area contributed by atoms with Crippen LogP contribution in [0.25, 0.3) is 28.1 Å². The average Bonchev–Trinajstić information content (AvgIpc) is 3.80. The zero-order chi connectivity index (χ0) is 35.7. The number of para-hydroxylation sites is 2. The summed E-state index contributed by atoms with van der Waals surface area (Å²) in [5, 5.41) is 5.80. The number of aromatic nitrogens is 1. The molecule has 51 heavy (non-hydrogen) atoms. The fourth-order valence-corrected chi connectivity index (χ4v) is 8.68. The Morgan fingerprint density at radius 2 is 1.67 bits per heavy atom. The third kappa shape index (κ3) is 7.18. The molecule has 262 valence electrons. The van der Waals surface area contributed by atoms with E-state index in [0.29, 0.717) is 41.3 Å². The molecule has 2 bridgehead atoms. The summed E-state index contributed by atoms with van der Waals surface area (Å²) in [6, 6.07) is 30.8. The maximum atomic E-state index is 14.1. The molecule has 2 aliphatic rings. The Labute approximate surface area is 301 Å². The van der Waals surface area contributed by atoms with Crippen LogP contribution in [0.5, 0.6) is 0 Å². The highest BCUT2D eigenvalue weighted by molar-refractivity contribution is 7.79. The van der Waals surface area contributed by atoms with E-state index in [9.17, 15) is 13.8 Å². The van der Waals surface area contributed by atoms with Crippen LogP contribution in [-0.4, -0.2) is 37.9 Å². The molecular formula is C42H43N3O5S. The fraction of sp³-hybridized carbons (Fsp3) is 0.310. The molecule has 7 rings (SSSR count). The molecule has 2 amide bonds. The molecule has 5 aromatic rings. The average molecular weight is 702 g/mol. The van der Waals surface area contributed by atoms with Crippen molar-refractivity contribution in [2.24, 2.45) is 23.2 Å². The zero-order valence-electron chi connectivity index (χ0n) is 29.1. The summed E-state index contributed by atoms with van der Waals surface area (Å²) in [5.41, 5.74) is 8.07. The Hall–Kier alpha value is -4.86. The van der Waals surface area contributed by atoms with Crippen molar-refractivity contribution in [3.63, 3.8) is 0 Å². The monoisotopic (exact) mass is 701 g/mol. The molecule has 5 unspecified atom stereocenters. The highest BCUT2D eigenvalue weighted by Gasteiger charge is 2.52. The lowest BCUT2D eigenvalue weighted by atomic mass is 9.70. The third-order valence-electron chi connectivity index (χ3n) is 10.8. The molecule has 0 saturated heterocycles. The van der Waals surface area contributed by atoms with Gasteiger partial charge in [0.05, 0.1) is 11.7 Å². The number of anilines is 1. The van der Waals surface area contributed by atoms with Gasteiger partial charge in [0.1, 0.15) is 5.52 Å². The first kappa shape index (κ1) is 34.6. The molecule has 4 aromatic carbocycles. The Morgan fingerprint density at radius 1 is 0.961 bits per heavy atom.